The molecule has 4 rings (SSSR count). The normalized spacial score (nSPS) is 10.9. The monoisotopic (exact) mass is 357 g/mol. The standard InChI is InChI=1S/C17H12FN3OS2/c18-12-5-3-11(4-6-12)14-10-24-17(21-14)19-8-13-9-22-16(20-13)15-2-1-7-23-15/h1-7,9-10H,8H2,(H,19,21). The number of halogens is 1. The van der Waals surface area contributed by atoms with Gasteiger partial charge >= 0.3 is 0 Å². The lowest BCUT2D eigenvalue weighted by atomic mass is 10.2. The summed E-state index contributed by atoms with van der Waals surface area (Å²) in [6.07, 6.45) is 1.65. The van der Waals surface area contributed by atoms with Crippen LogP contribution in [0.2, 0.25) is 0 Å². The molecule has 0 fully saturated rings. The van der Waals surface area contributed by atoms with Gasteiger partial charge in [0.05, 0.1) is 22.8 Å². The van der Waals surface area contributed by atoms with Crippen LogP contribution in [0.1, 0.15) is 5.69 Å². The highest BCUT2D eigenvalue weighted by molar-refractivity contribution is 7.14. The number of benzene rings is 1. The highest BCUT2D eigenvalue weighted by atomic mass is 32.1. The van der Waals surface area contributed by atoms with Crippen LogP contribution >= 0.6 is 22.7 Å². The lowest BCUT2D eigenvalue weighted by Gasteiger charge is -1.98. The zero-order valence-corrected chi connectivity index (χ0v) is 14.0. The quantitative estimate of drug-likeness (QED) is 0.528. The Morgan fingerprint density at radius 2 is 1.96 bits per heavy atom. The molecule has 1 aromatic carbocycles. The van der Waals surface area contributed by atoms with E-state index in [-0.39, 0.29) is 5.82 Å². The fraction of sp³-hybridized carbons (Fsp3) is 0.0588. The number of oxazole rings is 1. The third-order valence-corrected chi connectivity index (χ3v) is 5.01. The van der Waals surface area contributed by atoms with Crippen LogP contribution in [-0.2, 0) is 6.54 Å². The second-order valence-corrected chi connectivity index (χ2v) is 6.83. The number of thiazole rings is 1. The first-order valence-electron chi connectivity index (χ1n) is 7.21. The van der Waals surface area contributed by atoms with Gasteiger partial charge in [0.2, 0.25) is 5.89 Å². The number of anilines is 1. The molecule has 3 aromatic heterocycles. The van der Waals surface area contributed by atoms with Crippen LogP contribution in [0, 0.1) is 5.82 Å². The van der Waals surface area contributed by atoms with E-state index in [1.165, 1.54) is 23.5 Å². The molecule has 0 unspecified atom stereocenters. The van der Waals surface area contributed by atoms with Gasteiger partial charge in [-0.2, -0.15) is 0 Å². The Morgan fingerprint density at radius 1 is 1.08 bits per heavy atom. The number of aromatic nitrogens is 2. The smallest absolute Gasteiger partial charge is 0.236 e. The maximum absolute atomic E-state index is 13.0. The summed E-state index contributed by atoms with van der Waals surface area (Å²) in [6.45, 7) is 0.533. The lowest BCUT2D eigenvalue weighted by molar-refractivity contribution is 0.574. The van der Waals surface area contributed by atoms with Crippen molar-refractivity contribution in [2.45, 2.75) is 6.54 Å². The highest BCUT2D eigenvalue weighted by Gasteiger charge is 2.09. The number of thiophene rings is 1. The number of hydrogen-bond donors (Lipinski definition) is 1. The molecule has 4 nitrogen and oxygen atoms in total. The zero-order chi connectivity index (χ0) is 16.4. The van der Waals surface area contributed by atoms with Gasteiger partial charge in [-0.15, -0.1) is 22.7 Å². The van der Waals surface area contributed by atoms with E-state index < -0.39 is 0 Å². The van der Waals surface area contributed by atoms with E-state index >= 15 is 0 Å². The molecule has 3 heterocycles. The molecule has 0 spiro atoms. The van der Waals surface area contributed by atoms with E-state index in [9.17, 15) is 4.39 Å². The molecule has 0 amide bonds. The van der Waals surface area contributed by atoms with E-state index in [0.717, 1.165) is 27.0 Å². The minimum absolute atomic E-state index is 0.250. The molecule has 0 bridgehead atoms. The summed E-state index contributed by atoms with van der Waals surface area (Å²) in [6, 6.07) is 10.3. The van der Waals surface area contributed by atoms with Gasteiger partial charge in [-0.25, -0.2) is 14.4 Å². The average Bonchev–Trinajstić information content (AvgIpc) is 3.34. The third-order valence-electron chi connectivity index (χ3n) is 3.35. The second kappa shape index (κ2) is 6.54. The summed E-state index contributed by atoms with van der Waals surface area (Å²) < 4.78 is 18.5. The fourth-order valence-electron chi connectivity index (χ4n) is 2.18. The maximum atomic E-state index is 13.0. The van der Waals surface area contributed by atoms with Crippen LogP contribution in [0.15, 0.2) is 57.8 Å². The Hall–Kier alpha value is -2.51. The number of nitrogens with one attached hydrogen (secondary N) is 1. The van der Waals surface area contributed by atoms with E-state index in [2.05, 4.69) is 15.3 Å². The van der Waals surface area contributed by atoms with E-state index in [1.807, 2.05) is 22.9 Å². The van der Waals surface area contributed by atoms with E-state index in [1.54, 1.807) is 29.7 Å². The van der Waals surface area contributed by atoms with Gasteiger partial charge in [-0.1, -0.05) is 6.07 Å². The van der Waals surface area contributed by atoms with Crippen molar-refractivity contribution in [3.63, 3.8) is 0 Å². The van der Waals surface area contributed by atoms with Crippen LogP contribution in [0.5, 0.6) is 0 Å². The van der Waals surface area contributed by atoms with Gasteiger partial charge in [0.15, 0.2) is 5.13 Å². The van der Waals surface area contributed by atoms with Crippen LogP contribution in [0.3, 0.4) is 0 Å². The Labute approximate surface area is 145 Å². The molecule has 1 N–H and O–H groups in total. The largest absolute Gasteiger partial charge is 0.443 e. The minimum atomic E-state index is -0.250. The maximum Gasteiger partial charge on any atom is 0.236 e. The molecular formula is C17H12FN3OS2. The summed E-state index contributed by atoms with van der Waals surface area (Å²) in [4.78, 5) is 9.98. The summed E-state index contributed by atoms with van der Waals surface area (Å²) in [7, 11) is 0. The average molecular weight is 357 g/mol. The van der Waals surface area contributed by atoms with Crippen molar-refractivity contribution >= 4 is 27.8 Å². The number of nitrogens with zero attached hydrogens (tertiary/aromatic N) is 2. The molecule has 0 aliphatic rings. The van der Waals surface area contributed by atoms with Crippen molar-refractivity contribution < 1.29 is 8.81 Å². The van der Waals surface area contributed by atoms with Gasteiger partial charge in [-0.05, 0) is 35.7 Å². The van der Waals surface area contributed by atoms with Crippen LogP contribution in [0.4, 0.5) is 9.52 Å². The number of hydrogen-bond acceptors (Lipinski definition) is 6. The van der Waals surface area contributed by atoms with Crippen LogP contribution in [0.25, 0.3) is 22.0 Å². The first-order chi connectivity index (χ1) is 11.8. The summed E-state index contributed by atoms with van der Waals surface area (Å²) in [5.74, 6) is 0.382. The molecule has 4 aromatic rings. The zero-order valence-electron chi connectivity index (χ0n) is 12.4. The van der Waals surface area contributed by atoms with Gasteiger partial charge in [0.25, 0.3) is 0 Å². The van der Waals surface area contributed by atoms with Crippen molar-refractivity contribution in [1.82, 2.24) is 9.97 Å². The first kappa shape index (κ1) is 15.0. The first-order valence-corrected chi connectivity index (χ1v) is 8.97. The molecule has 0 saturated carbocycles. The molecule has 7 heteroatoms. The van der Waals surface area contributed by atoms with E-state index in [0.29, 0.717) is 12.4 Å². The molecule has 0 aliphatic heterocycles. The van der Waals surface area contributed by atoms with Crippen molar-refractivity contribution in [2.75, 3.05) is 5.32 Å². The van der Waals surface area contributed by atoms with Gasteiger partial charge in [-0.3, -0.25) is 0 Å². The highest BCUT2D eigenvalue weighted by Crippen LogP contribution is 2.26. The molecule has 0 radical (unpaired) electrons. The van der Waals surface area contributed by atoms with Crippen LogP contribution < -0.4 is 5.32 Å². The fourth-order valence-corrected chi connectivity index (χ4v) is 3.55. The predicted octanol–water partition coefficient (Wildman–Crippen LogP) is 5.28. The molecule has 24 heavy (non-hydrogen) atoms. The van der Waals surface area contributed by atoms with Gasteiger partial charge in [0, 0.05) is 10.9 Å². The SMILES string of the molecule is Fc1ccc(-c2csc(NCc3coc(-c4cccs4)n3)n2)cc1. The second-order valence-electron chi connectivity index (χ2n) is 5.02. The van der Waals surface area contributed by atoms with E-state index in [4.69, 9.17) is 4.42 Å². The Balaban J connectivity index is 1.42. The molecular weight excluding hydrogens is 345 g/mol. The molecule has 0 saturated heterocycles. The topological polar surface area (TPSA) is 51.0 Å². The Morgan fingerprint density at radius 3 is 2.75 bits per heavy atom. The number of rotatable bonds is 5. The summed E-state index contributed by atoms with van der Waals surface area (Å²) in [5, 5.41) is 7.95. The Bertz CT molecular complexity index is 929. The minimum Gasteiger partial charge on any atom is -0.443 e. The molecule has 0 atom stereocenters. The Kier molecular flexibility index (Phi) is 4.10. The third kappa shape index (κ3) is 3.22. The van der Waals surface area contributed by atoms with Gasteiger partial charge < -0.3 is 9.73 Å². The van der Waals surface area contributed by atoms with Crippen LogP contribution in [-0.4, -0.2) is 9.97 Å². The lowest BCUT2D eigenvalue weighted by Crippen LogP contribution is -1.99. The van der Waals surface area contributed by atoms with Crippen molar-refractivity contribution in [3.05, 3.63) is 64.9 Å². The summed E-state index contributed by atoms with van der Waals surface area (Å²) >= 11 is 3.09. The predicted molar refractivity (Wildman–Crippen MR) is 94.7 cm³/mol. The molecule has 120 valence electrons. The molecule has 0 aliphatic carbocycles. The van der Waals surface area contributed by atoms with Gasteiger partial charge in [0.1, 0.15) is 12.1 Å². The van der Waals surface area contributed by atoms with Crippen molar-refractivity contribution in [1.29, 1.82) is 0 Å². The summed E-state index contributed by atoms with van der Waals surface area (Å²) in [5.41, 5.74) is 2.53. The van der Waals surface area contributed by atoms with Crippen molar-refractivity contribution in [2.24, 2.45) is 0 Å². The van der Waals surface area contributed by atoms with Crippen molar-refractivity contribution in [3.8, 4) is 22.0 Å².